The van der Waals surface area contributed by atoms with Crippen molar-refractivity contribution in [1.82, 2.24) is 9.97 Å². The lowest BCUT2D eigenvalue weighted by atomic mass is 9.94. The van der Waals surface area contributed by atoms with E-state index >= 15 is 0 Å². The van der Waals surface area contributed by atoms with Gasteiger partial charge in [-0.05, 0) is 47.0 Å². The van der Waals surface area contributed by atoms with E-state index in [0.717, 1.165) is 29.0 Å². The van der Waals surface area contributed by atoms with Gasteiger partial charge in [0.2, 0.25) is 5.28 Å². The number of thiophene rings is 1. The number of anilines is 2. The van der Waals surface area contributed by atoms with Gasteiger partial charge in [-0.15, -0.1) is 11.3 Å². The van der Waals surface area contributed by atoms with Crippen LogP contribution in [0.15, 0.2) is 35.7 Å². The van der Waals surface area contributed by atoms with Gasteiger partial charge in [0.1, 0.15) is 10.6 Å². The fourth-order valence-electron chi connectivity index (χ4n) is 3.02. The molecule has 0 amide bonds. The summed E-state index contributed by atoms with van der Waals surface area (Å²) in [5, 5.41) is 3.43. The van der Waals surface area contributed by atoms with Crippen molar-refractivity contribution in [2.24, 2.45) is 5.92 Å². The van der Waals surface area contributed by atoms with Gasteiger partial charge in [-0.2, -0.15) is 4.98 Å². The second-order valence-electron chi connectivity index (χ2n) is 5.50. The number of para-hydroxylation sites is 1. The van der Waals surface area contributed by atoms with E-state index in [4.69, 9.17) is 11.6 Å². The molecule has 1 atom stereocenters. The van der Waals surface area contributed by atoms with Crippen molar-refractivity contribution in [3.05, 3.63) is 46.6 Å². The Morgan fingerprint density at radius 1 is 1.24 bits per heavy atom. The van der Waals surface area contributed by atoms with E-state index in [1.807, 2.05) is 5.38 Å². The third-order valence-electron chi connectivity index (χ3n) is 3.88. The van der Waals surface area contributed by atoms with E-state index in [9.17, 15) is 0 Å². The number of fused-ring (bicyclic) bond motifs is 2. The molecule has 0 spiro atoms. The normalized spacial score (nSPS) is 18.0. The highest BCUT2D eigenvalue weighted by Crippen LogP contribution is 2.38. The Kier molecular flexibility index (Phi) is 3.08. The molecule has 0 saturated carbocycles. The molecule has 3 nitrogen and oxygen atoms in total. The van der Waals surface area contributed by atoms with Gasteiger partial charge in [0.25, 0.3) is 0 Å². The quantitative estimate of drug-likeness (QED) is 0.611. The van der Waals surface area contributed by atoms with E-state index in [0.29, 0.717) is 11.2 Å². The van der Waals surface area contributed by atoms with E-state index in [1.54, 1.807) is 11.3 Å². The van der Waals surface area contributed by atoms with E-state index < -0.39 is 0 Å². The highest BCUT2D eigenvalue weighted by molar-refractivity contribution is 7.16. The van der Waals surface area contributed by atoms with Crippen LogP contribution in [0, 0.1) is 5.92 Å². The Labute approximate surface area is 132 Å². The summed E-state index contributed by atoms with van der Waals surface area (Å²) in [7, 11) is 0. The number of rotatable bonds is 1. The average molecular weight is 316 g/mol. The standard InChI is InChI=1S/C16H14ClN3S/c1-10-8-11-4-2-3-5-13(11)20(9-10)14-12-6-7-21-15(12)19-16(17)18-14/h2-7,10H,8-9H2,1H3. The van der Waals surface area contributed by atoms with Gasteiger partial charge in [0, 0.05) is 12.2 Å². The molecule has 0 saturated heterocycles. The zero-order valence-electron chi connectivity index (χ0n) is 11.6. The molecule has 0 fully saturated rings. The van der Waals surface area contributed by atoms with Crippen LogP contribution in [0.4, 0.5) is 11.5 Å². The predicted octanol–water partition coefficient (Wildman–Crippen LogP) is 4.68. The molecule has 0 N–H and O–H groups in total. The summed E-state index contributed by atoms with van der Waals surface area (Å²) in [5.74, 6) is 1.51. The number of benzene rings is 1. The lowest BCUT2D eigenvalue weighted by Gasteiger charge is -2.34. The summed E-state index contributed by atoms with van der Waals surface area (Å²) < 4.78 is 0. The predicted molar refractivity (Wildman–Crippen MR) is 88.7 cm³/mol. The molecule has 21 heavy (non-hydrogen) atoms. The Morgan fingerprint density at radius 3 is 3.00 bits per heavy atom. The van der Waals surface area contributed by atoms with Gasteiger partial charge in [0.05, 0.1) is 5.39 Å². The summed E-state index contributed by atoms with van der Waals surface area (Å²) in [6, 6.07) is 10.6. The van der Waals surface area contributed by atoms with Crippen LogP contribution in [0.5, 0.6) is 0 Å². The molecule has 3 heterocycles. The van der Waals surface area contributed by atoms with Crippen molar-refractivity contribution in [1.29, 1.82) is 0 Å². The van der Waals surface area contributed by atoms with Crippen molar-refractivity contribution < 1.29 is 0 Å². The highest BCUT2D eigenvalue weighted by atomic mass is 35.5. The molecule has 4 rings (SSSR count). The molecule has 1 aromatic carbocycles. The van der Waals surface area contributed by atoms with Crippen molar-refractivity contribution in [3.63, 3.8) is 0 Å². The first-order chi connectivity index (χ1) is 10.2. The van der Waals surface area contributed by atoms with E-state index in [2.05, 4.69) is 52.1 Å². The Hall–Kier alpha value is -1.65. The molecule has 0 radical (unpaired) electrons. The second kappa shape index (κ2) is 4.97. The maximum Gasteiger partial charge on any atom is 0.225 e. The zero-order valence-corrected chi connectivity index (χ0v) is 13.2. The molecule has 3 aromatic rings. The minimum Gasteiger partial charge on any atom is -0.325 e. The van der Waals surface area contributed by atoms with Crippen LogP contribution >= 0.6 is 22.9 Å². The van der Waals surface area contributed by atoms with Crippen LogP contribution in [0.25, 0.3) is 10.2 Å². The summed E-state index contributed by atoms with van der Waals surface area (Å²) in [6.07, 6.45) is 1.11. The van der Waals surface area contributed by atoms with Gasteiger partial charge in [-0.1, -0.05) is 25.1 Å². The van der Waals surface area contributed by atoms with Gasteiger partial charge in [-0.25, -0.2) is 4.98 Å². The lowest BCUT2D eigenvalue weighted by Crippen LogP contribution is -2.31. The number of halogens is 1. The smallest absolute Gasteiger partial charge is 0.225 e. The molecule has 0 bridgehead atoms. The summed E-state index contributed by atoms with van der Waals surface area (Å²) in [4.78, 5) is 12.1. The Bertz CT molecular complexity index is 814. The molecular weight excluding hydrogens is 302 g/mol. The fourth-order valence-corrected chi connectivity index (χ4v) is 3.99. The fraction of sp³-hybridized carbons (Fsp3) is 0.250. The number of hydrogen-bond acceptors (Lipinski definition) is 4. The van der Waals surface area contributed by atoms with Crippen molar-refractivity contribution >= 4 is 44.7 Å². The molecule has 2 aromatic heterocycles. The summed E-state index contributed by atoms with van der Waals surface area (Å²) >= 11 is 7.72. The second-order valence-corrected chi connectivity index (χ2v) is 6.74. The average Bonchev–Trinajstić information content (AvgIpc) is 2.93. The highest BCUT2D eigenvalue weighted by Gasteiger charge is 2.25. The lowest BCUT2D eigenvalue weighted by molar-refractivity contribution is 0.561. The largest absolute Gasteiger partial charge is 0.325 e. The van der Waals surface area contributed by atoms with Crippen LogP contribution in [0.2, 0.25) is 5.28 Å². The van der Waals surface area contributed by atoms with Crippen molar-refractivity contribution in [2.45, 2.75) is 13.3 Å². The minimum atomic E-state index is 0.315. The molecule has 1 aliphatic heterocycles. The first-order valence-electron chi connectivity index (χ1n) is 6.98. The molecular formula is C16H14ClN3S. The molecule has 0 aliphatic carbocycles. The summed E-state index contributed by atoms with van der Waals surface area (Å²) in [5.41, 5.74) is 2.60. The van der Waals surface area contributed by atoms with Crippen molar-refractivity contribution in [2.75, 3.05) is 11.4 Å². The van der Waals surface area contributed by atoms with Gasteiger partial charge < -0.3 is 4.90 Å². The maximum atomic E-state index is 6.12. The van der Waals surface area contributed by atoms with Gasteiger partial charge in [0.15, 0.2) is 0 Å². The van der Waals surface area contributed by atoms with Crippen LogP contribution in [-0.2, 0) is 6.42 Å². The molecule has 5 heteroatoms. The van der Waals surface area contributed by atoms with Crippen LogP contribution in [-0.4, -0.2) is 16.5 Å². The monoisotopic (exact) mass is 315 g/mol. The minimum absolute atomic E-state index is 0.315. The van der Waals surface area contributed by atoms with Gasteiger partial charge in [-0.3, -0.25) is 0 Å². The molecule has 1 aliphatic rings. The number of hydrogen-bond donors (Lipinski definition) is 0. The zero-order chi connectivity index (χ0) is 14.4. The number of nitrogens with zero attached hydrogens (tertiary/aromatic N) is 3. The van der Waals surface area contributed by atoms with E-state index in [1.165, 1.54) is 11.3 Å². The van der Waals surface area contributed by atoms with E-state index in [-0.39, 0.29) is 0 Å². The van der Waals surface area contributed by atoms with Crippen LogP contribution in [0.1, 0.15) is 12.5 Å². The number of aromatic nitrogens is 2. The van der Waals surface area contributed by atoms with Gasteiger partial charge >= 0.3 is 0 Å². The maximum absolute atomic E-state index is 6.12. The first kappa shape index (κ1) is 13.0. The van der Waals surface area contributed by atoms with Crippen LogP contribution in [0.3, 0.4) is 0 Å². The van der Waals surface area contributed by atoms with Crippen molar-refractivity contribution in [3.8, 4) is 0 Å². The third kappa shape index (κ3) is 2.19. The summed E-state index contributed by atoms with van der Waals surface area (Å²) in [6.45, 7) is 3.23. The molecule has 106 valence electrons. The third-order valence-corrected chi connectivity index (χ3v) is 4.85. The Morgan fingerprint density at radius 2 is 2.10 bits per heavy atom. The topological polar surface area (TPSA) is 29.0 Å². The van der Waals surface area contributed by atoms with Crippen LogP contribution < -0.4 is 4.90 Å². The SMILES string of the molecule is CC1Cc2ccccc2N(c2nc(Cl)nc3sccc23)C1. The molecule has 1 unspecified atom stereocenters. The Balaban J connectivity index is 1.94. The first-order valence-corrected chi connectivity index (χ1v) is 8.24.